The number of hydrogen-bond donors (Lipinski definition) is 2. The Morgan fingerprint density at radius 1 is 1.12 bits per heavy atom. The number of hydrogen-bond acceptors (Lipinski definition) is 1. The monoisotopic (exact) mass is 340 g/mol. The van der Waals surface area contributed by atoms with Crippen LogP contribution in [0.4, 0.5) is 5.69 Å². The van der Waals surface area contributed by atoms with Gasteiger partial charge >= 0.3 is 0 Å². The summed E-state index contributed by atoms with van der Waals surface area (Å²) in [5.74, 6) is 0. The Morgan fingerprint density at radius 3 is 2.46 bits per heavy atom. The Morgan fingerprint density at radius 2 is 1.79 bits per heavy atom. The molecule has 0 radical (unpaired) electrons. The van der Waals surface area contributed by atoms with Crippen molar-refractivity contribution in [3.8, 4) is 0 Å². The summed E-state index contributed by atoms with van der Waals surface area (Å²) < 4.78 is 0. The van der Waals surface area contributed by atoms with Gasteiger partial charge in [-0.3, -0.25) is 0 Å². The topological polar surface area (TPSA) is 19.7 Å². The van der Waals surface area contributed by atoms with E-state index >= 15 is 0 Å². The third-order valence-corrected chi connectivity index (χ3v) is 4.95. The lowest BCUT2D eigenvalue weighted by Crippen LogP contribution is -3.12. The van der Waals surface area contributed by atoms with Crippen molar-refractivity contribution in [3.05, 3.63) is 65.2 Å². The summed E-state index contributed by atoms with van der Waals surface area (Å²) in [6.45, 7) is 7.39. The largest absolute Gasteiger partial charge is 0.334 e. The number of benzene rings is 2. The predicted octanol–water partition coefficient (Wildman–Crippen LogP) is 2.57. The quantitative estimate of drug-likeness (QED) is 0.820. The fourth-order valence-corrected chi connectivity index (χ4v) is 3.80. The summed E-state index contributed by atoms with van der Waals surface area (Å²) in [5, 5.41) is 4.28. The van der Waals surface area contributed by atoms with Crippen molar-refractivity contribution in [2.45, 2.75) is 19.9 Å². The van der Waals surface area contributed by atoms with Crippen molar-refractivity contribution in [2.24, 2.45) is 0 Å². The molecule has 1 aliphatic rings. The summed E-state index contributed by atoms with van der Waals surface area (Å²) >= 11 is 5.76. The molecular formula is C20H26N3S+. The molecule has 1 fully saturated rings. The molecule has 3 nitrogen and oxygen atoms in total. The number of likely N-dealkylation sites (N-methyl/N-ethyl adjacent to an activating group) is 1. The van der Waals surface area contributed by atoms with Gasteiger partial charge in [-0.1, -0.05) is 36.4 Å². The second-order valence-corrected chi connectivity index (χ2v) is 7.22. The zero-order valence-corrected chi connectivity index (χ0v) is 15.5. The molecule has 2 aromatic rings. The van der Waals surface area contributed by atoms with Crippen LogP contribution < -0.4 is 10.2 Å². The highest BCUT2D eigenvalue weighted by Gasteiger charge is 2.30. The van der Waals surface area contributed by atoms with E-state index < -0.39 is 0 Å². The Balaban J connectivity index is 1.81. The van der Waals surface area contributed by atoms with E-state index in [1.54, 1.807) is 4.90 Å². The minimum absolute atomic E-state index is 0.325. The zero-order valence-electron chi connectivity index (χ0n) is 14.7. The molecule has 2 aromatic carbocycles. The number of rotatable bonds is 2. The second kappa shape index (κ2) is 7.32. The normalized spacial score (nSPS) is 20.7. The van der Waals surface area contributed by atoms with E-state index in [1.165, 1.54) is 16.7 Å². The molecule has 4 heteroatoms. The Hall–Kier alpha value is -1.91. The van der Waals surface area contributed by atoms with Crippen LogP contribution >= 0.6 is 12.2 Å². The molecule has 3 rings (SSSR count). The predicted molar refractivity (Wildman–Crippen MR) is 105 cm³/mol. The van der Waals surface area contributed by atoms with E-state index in [2.05, 4.69) is 79.6 Å². The summed E-state index contributed by atoms with van der Waals surface area (Å²) in [7, 11) is 2.26. The van der Waals surface area contributed by atoms with Crippen molar-refractivity contribution in [3.63, 3.8) is 0 Å². The number of quaternary nitrogens is 1. The maximum atomic E-state index is 5.76. The first kappa shape index (κ1) is 16.9. The van der Waals surface area contributed by atoms with Crippen LogP contribution in [0, 0.1) is 13.8 Å². The number of anilines is 1. The first-order chi connectivity index (χ1) is 11.5. The molecule has 1 unspecified atom stereocenters. The number of piperazine rings is 1. The molecule has 126 valence electrons. The zero-order chi connectivity index (χ0) is 17.1. The van der Waals surface area contributed by atoms with Gasteiger partial charge in [-0.15, -0.1) is 0 Å². The fourth-order valence-electron chi connectivity index (χ4n) is 3.47. The third kappa shape index (κ3) is 3.94. The minimum atomic E-state index is 0.325. The highest BCUT2D eigenvalue weighted by Crippen LogP contribution is 2.22. The van der Waals surface area contributed by atoms with Crippen molar-refractivity contribution in [1.29, 1.82) is 0 Å². The van der Waals surface area contributed by atoms with Gasteiger partial charge in [0.25, 0.3) is 0 Å². The van der Waals surface area contributed by atoms with Crippen LogP contribution in [0.3, 0.4) is 0 Å². The van der Waals surface area contributed by atoms with E-state index in [0.717, 1.165) is 30.4 Å². The Labute approximate surface area is 150 Å². The molecule has 24 heavy (non-hydrogen) atoms. The molecule has 0 aliphatic carbocycles. The van der Waals surface area contributed by atoms with Crippen molar-refractivity contribution < 1.29 is 4.90 Å². The van der Waals surface area contributed by atoms with E-state index in [4.69, 9.17) is 12.2 Å². The van der Waals surface area contributed by atoms with E-state index in [1.807, 2.05) is 0 Å². The molecule has 0 spiro atoms. The van der Waals surface area contributed by atoms with Crippen molar-refractivity contribution >= 4 is 23.0 Å². The lowest BCUT2D eigenvalue weighted by Gasteiger charge is -2.39. The first-order valence-corrected chi connectivity index (χ1v) is 8.96. The number of thiocarbonyl (C=S) groups is 1. The van der Waals surface area contributed by atoms with Crippen LogP contribution in [0.2, 0.25) is 0 Å². The SMILES string of the molecule is Cc1cc(C)cc(NC(=S)N2CC[NH+](C)C[C@H]2c2ccccc2)c1. The van der Waals surface area contributed by atoms with Crippen LogP contribution in [0.25, 0.3) is 0 Å². The molecule has 2 atom stereocenters. The standard InChI is InChI=1S/C20H25N3S/c1-15-11-16(2)13-18(12-15)21-20(24)23-10-9-22(3)14-19(23)17-7-5-4-6-8-17/h4-8,11-13,19H,9-10,14H2,1-3H3,(H,21,24)/p+1/t19-/m0/s1. The van der Waals surface area contributed by atoms with Crippen molar-refractivity contribution in [2.75, 3.05) is 32.0 Å². The van der Waals surface area contributed by atoms with Gasteiger partial charge in [-0.2, -0.15) is 0 Å². The smallest absolute Gasteiger partial charge is 0.174 e. The highest BCUT2D eigenvalue weighted by molar-refractivity contribution is 7.80. The molecule has 1 saturated heterocycles. The van der Waals surface area contributed by atoms with Crippen LogP contribution in [0.1, 0.15) is 22.7 Å². The Bertz CT molecular complexity index is 694. The summed E-state index contributed by atoms with van der Waals surface area (Å²) in [4.78, 5) is 3.89. The molecule has 0 amide bonds. The number of nitrogens with one attached hydrogen (secondary N) is 2. The molecular weight excluding hydrogens is 314 g/mol. The van der Waals surface area contributed by atoms with Crippen LogP contribution in [-0.4, -0.2) is 36.7 Å². The van der Waals surface area contributed by atoms with Crippen molar-refractivity contribution in [1.82, 2.24) is 4.90 Å². The van der Waals surface area contributed by atoms with Gasteiger partial charge in [0.15, 0.2) is 5.11 Å². The van der Waals surface area contributed by atoms with Gasteiger partial charge in [-0.05, 0) is 54.9 Å². The third-order valence-electron chi connectivity index (χ3n) is 4.62. The number of nitrogens with zero attached hydrogens (tertiary/aromatic N) is 1. The molecule has 1 heterocycles. The second-order valence-electron chi connectivity index (χ2n) is 6.84. The highest BCUT2D eigenvalue weighted by atomic mass is 32.1. The van der Waals surface area contributed by atoms with E-state index in [0.29, 0.717) is 6.04 Å². The summed E-state index contributed by atoms with van der Waals surface area (Å²) in [6, 6.07) is 17.5. The van der Waals surface area contributed by atoms with Gasteiger partial charge in [-0.25, -0.2) is 0 Å². The van der Waals surface area contributed by atoms with Gasteiger partial charge in [0, 0.05) is 5.69 Å². The van der Waals surface area contributed by atoms with Crippen LogP contribution in [0.15, 0.2) is 48.5 Å². The average molecular weight is 341 g/mol. The van der Waals surface area contributed by atoms with Gasteiger partial charge in [0.1, 0.15) is 12.6 Å². The Kier molecular flexibility index (Phi) is 5.17. The van der Waals surface area contributed by atoms with E-state index in [-0.39, 0.29) is 0 Å². The maximum absolute atomic E-state index is 5.76. The fraction of sp³-hybridized carbons (Fsp3) is 0.350. The minimum Gasteiger partial charge on any atom is -0.334 e. The summed E-state index contributed by atoms with van der Waals surface area (Å²) in [5.41, 5.74) is 4.92. The maximum Gasteiger partial charge on any atom is 0.174 e. The lowest BCUT2D eigenvalue weighted by molar-refractivity contribution is -0.887. The number of aryl methyl sites for hydroxylation is 2. The molecule has 1 aliphatic heterocycles. The summed E-state index contributed by atoms with van der Waals surface area (Å²) in [6.07, 6.45) is 0. The van der Waals surface area contributed by atoms with E-state index in [9.17, 15) is 0 Å². The average Bonchev–Trinajstić information content (AvgIpc) is 2.54. The molecule has 0 saturated carbocycles. The lowest BCUT2D eigenvalue weighted by atomic mass is 10.0. The van der Waals surface area contributed by atoms with Gasteiger partial charge in [0.2, 0.25) is 0 Å². The van der Waals surface area contributed by atoms with Gasteiger partial charge in [0.05, 0.1) is 20.1 Å². The molecule has 0 aromatic heterocycles. The van der Waals surface area contributed by atoms with Crippen LogP contribution in [0.5, 0.6) is 0 Å². The first-order valence-electron chi connectivity index (χ1n) is 8.55. The van der Waals surface area contributed by atoms with Crippen LogP contribution in [-0.2, 0) is 0 Å². The molecule has 2 N–H and O–H groups in total. The van der Waals surface area contributed by atoms with Gasteiger partial charge < -0.3 is 15.1 Å². The molecule has 0 bridgehead atoms.